The van der Waals surface area contributed by atoms with Crippen molar-refractivity contribution in [3.63, 3.8) is 0 Å². The number of rotatable bonds is 4. The molecule has 0 atom stereocenters. The summed E-state index contributed by atoms with van der Waals surface area (Å²) in [5.41, 5.74) is 1.52. The number of hydrogen-bond acceptors (Lipinski definition) is 2. The Morgan fingerprint density at radius 1 is 1.44 bits per heavy atom. The van der Waals surface area contributed by atoms with Gasteiger partial charge in [0.15, 0.2) is 0 Å². The van der Waals surface area contributed by atoms with E-state index in [2.05, 4.69) is 40.2 Å². The van der Waals surface area contributed by atoms with Crippen molar-refractivity contribution < 1.29 is 4.39 Å². The molecule has 0 radical (unpaired) electrons. The number of hydrogen-bond donors (Lipinski definition) is 1. The summed E-state index contributed by atoms with van der Waals surface area (Å²) in [6.07, 6.45) is 3.76. The number of nitrogens with zero attached hydrogens (tertiary/aromatic N) is 2. The lowest BCUT2D eigenvalue weighted by molar-refractivity contribution is 0.532. The Hall–Kier alpha value is -1.36. The van der Waals surface area contributed by atoms with Crippen molar-refractivity contribution in [1.82, 2.24) is 9.78 Å². The molecule has 0 spiro atoms. The first-order chi connectivity index (χ1) is 8.56. The predicted octanol–water partition coefficient (Wildman–Crippen LogP) is 3.98. The first kappa shape index (κ1) is 13.1. The van der Waals surface area contributed by atoms with E-state index in [1.165, 1.54) is 6.07 Å². The van der Waals surface area contributed by atoms with E-state index in [1.54, 1.807) is 18.3 Å². The van der Waals surface area contributed by atoms with Crippen LogP contribution in [0.1, 0.15) is 25.5 Å². The summed E-state index contributed by atoms with van der Waals surface area (Å²) in [7, 11) is 0. The molecule has 0 aliphatic carbocycles. The Balaban J connectivity index is 2.04. The smallest absolute Gasteiger partial charge is 0.146 e. The molecule has 18 heavy (non-hydrogen) atoms. The third-order valence-corrected chi connectivity index (χ3v) is 3.09. The van der Waals surface area contributed by atoms with Crippen LogP contribution in [0.25, 0.3) is 0 Å². The van der Waals surface area contributed by atoms with E-state index in [-0.39, 0.29) is 5.82 Å². The summed E-state index contributed by atoms with van der Waals surface area (Å²) < 4.78 is 16.2. The second-order valence-electron chi connectivity index (χ2n) is 4.40. The van der Waals surface area contributed by atoms with Crippen LogP contribution >= 0.6 is 15.9 Å². The van der Waals surface area contributed by atoms with Crippen molar-refractivity contribution in [3.05, 3.63) is 46.4 Å². The molecule has 1 heterocycles. The van der Waals surface area contributed by atoms with E-state index in [0.717, 1.165) is 10.0 Å². The van der Waals surface area contributed by atoms with Gasteiger partial charge in [-0.25, -0.2) is 4.39 Å². The van der Waals surface area contributed by atoms with Crippen LogP contribution in [0.3, 0.4) is 0 Å². The van der Waals surface area contributed by atoms with E-state index in [9.17, 15) is 4.39 Å². The Kier molecular flexibility index (Phi) is 4.01. The van der Waals surface area contributed by atoms with Crippen molar-refractivity contribution in [1.29, 1.82) is 0 Å². The highest BCUT2D eigenvalue weighted by Gasteiger charge is 2.04. The predicted molar refractivity (Wildman–Crippen MR) is 74.0 cm³/mol. The molecule has 0 saturated carbocycles. The van der Waals surface area contributed by atoms with Gasteiger partial charge in [0.2, 0.25) is 0 Å². The highest BCUT2D eigenvalue weighted by atomic mass is 79.9. The second kappa shape index (κ2) is 5.52. The number of aromatic nitrogens is 2. The van der Waals surface area contributed by atoms with Gasteiger partial charge in [0.05, 0.1) is 11.9 Å². The zero-order valence-electron chi connectivity index (χ0n) is 10.3. The molecule has 3 nitrogen and oxygen atoms in total. The zero-order chi connectivity index (χ0) is 13.1. The summed E-state index contributed by atoms with van der Waals surface area (Å²) in [5, 5.41) is 7.31. The lowest BCUT2D eigenvalue weighted by Crippen LogP contribution is -2.02. The normalized spacial score (nSPS) is 10.9. The van der Waals surface area contributed by atoms with E-state index < -0.39 is 0 Å². The minimum atomic E-state index is -0.255. The van der Waals surface area contributed by atoms with Crippen molar-refractivity contribution >= 4 is 21.6 Å². The quantitative estimate of drug-likeness (QED) is 0.925. The van der Waals surface area contributed by atoms with Gasteiger partial charge < -0.3 is 5.32 Å². The Bertz CT molecular complexity index is 537. The molecular formula is C13H15BrFN3. The molecule has 0 saturated heterocycles. The number of nitrogens with one attached hydrogen (secondary N) is 1. The van der Waals surface area contributed by atoms with Crippen LogP contribution in [0, 0.1) is 5.82 Å². The first-order valence-corrected chi connectivity index (χ1v) is 6.57. The van der Waals surface area contributed by atoms with E-state index in [1.807, 2.05) is 10.9 Å². The molecule has 5 heteroatoms. The minimum Gasteiger partial charge on any atom is -0.378 e. The molecule has 1 aromatic heterocycles. The van der Waals surface area contributed by atoms with Crippen LogP contribution in [0.5, 0.6) is 0 Å². The maximum atomic E-state index is 13.5. The van der Waals surface area contributed by atoms with Gasteiger partial charge in [-0.2, -0.15) is 5.10 Å². The topological polar surface area (TPSA) is 29.9 Å². The molecule has 96 valence electrons. The molecule has 0 aliphatic rings. The van der Waals surface area contributed by atoms with Gasteiger partial charge in [-0.15, -0.1) is 0 Å². The summed E-state index contributed by atoms with van der Waals surface area (Å²) in [6, 6.07) is 5.17. The first-order valence-electron chi connectivity index (χ1n) is 5.78. The highest BCUT2D eigenvalue weighted by molar-refractivity contribution is 9.10. The summed E-state index contributed by atoms with van der Waals surface area (Å²) >= 11 is 3.32. The monoisotopic (exact) mass is 311 g/mol. The van der Waals surface area contributed by atoms with Crippen LogP contribution < -0.4 is 5.32 Å². The van der Waals surface area contributed by atoms with Gasteiger partial charge in [-0.3, -0.25) is 4.68 Å². The van der Waals surface area contributed by atoms with Crippen molar-refractivity contribution in [2.45, 2.75) is 26.4 Å². The molecule has 0 fully saturated rings. The number of benzene rings is 1. The summed E-state index contributed by atoms with van der Waals surface area (Å²) in [5.74, 6) is -0.255. The number of anilines is 1. The van der Waals surface area contributed by atoms with E-state index in [4.69, 9.17) is 0 Å². The molecule has 0 unspecified atom stereocenters. The van der Waals surface area contributed by atoms with Gasteiger partial charge in [-0.05, 0) is 32.0 Å². The zero-order valence-corrected chi connectivity index (χ0v) is 11.9. The molecular weight excluding hydrogens is 297 g/mol. The summed E-state index contributed by atoms with van der Waals surface area (Å²) in [4.78, 5) is 0. The van der Waals surface area contributed by atoms with Crippen LogP contribution in [0.4, 0.5) is 10.1 Å². The Labute approximate surface area is 114 Å². The molecule has 1 N–H and O–H groups in total. The molecule has 2 rings (SSSR count). The molecule has 0 bridgehead atoms. The third-order valence-electron chi connectivity index (χ3n) is 2.60. The summed E-state index contributed by atoms with van der Waals surface area (Å²) in [6.45, 7) is 4.69. The second-order valence-corrected chi connectivity index (χ2v) is 5.32. The highest BCUT2D eigenvalue weighted by Crippen LogP contribution is 2.20. The fourth-order valence-electron chi connectivity index (χ4n) is 1.58. The van der Waals surface area contributed by atoms with Crippen LogP contribution in [-0.2, 0) is 6.54 Å². The number of halogens is 2. The SMILES string of the molecule is CC(C)n1cc(CNc2cc(Br)ccc2F)cn1. The Morgan fingerprint density at radius 2 is 2.22 bits per heavy atom. The largest absolute Gasteiger partial charge is 0.378 e. The Morgan fingerprint density at radius 3 is 2.89 bits per heavy atom. The third kappa shape index (κ3) is 3.10. The molecule has 1 aromatic carbocycles. The van der Waals surface area contributed by atoms with Crippen molar-refractivity contribution in [2.24, 2.45) is 0 Å². The van der Waals surface area contributed by atoms with Crippen LogP contribution in [0.15, 0.2) is 35.1 Å². The maximum absolute atomic E-state index is 13.5. The fraction of sp³-hybridized carbons (Fsp3) is 0.308. The standard InChI is InChI=1S/C13H15BrFN3/c1-9(2)18-8-10(7-17-18)6-16-13-5-11(14)3-4-12(13)15/h3-5,7-9,16H,6H2,1-2H3. The lowest BCUT2D eigenvalue weighted by Gasteiger charge is -2.07. The van der Waals surface area contributed by atoms with Crippen LogP contribution in [0.2, 0.25) is 0 Å². The molecule has 0 aliphatic heterocycles. The average Bonchev–Trinajstić information content (AvgIpc) is 2.79. The van der Waals surface area contributed by atoms with E-state index >= 15 is 0 Å². The average molecular weight is 312 g/mol. The van der Waals surface area contributed by atoms with Gasteiger partial charge in [0.1, 0.15) is 5.82 Å². The van der Waals surface area contributed by atoms with Crippen LogP contribution in [-0.4, -0.2) is 9.78 Å². The van der Waals surface area contributed by atoms with Gasteiger partial charge in [0.25, 0.3) is 0 Å². The molecule has 2 aromatic rings. The van der Waals surface area contributed by atoms with E-state index in [0.29, 0.717) is 18.3 Å². The fourth-order valence-corrected chi connectivity index (χ4v) is 1.94. The maximum Gasteiger partial charge on any atom is 0.146 e. The van der Waals surface area contributed by atoms with Gasteiger partial charge >= 0.3 is 0 Å². The van der Waals surface area contributed by atoms with Crippen molar-refractivity contribution in [2.75, 3.05) is 5.32 Å². The van der Waals surface area contributed by atoms with Gasteiger partial charge in [-0.1, -0.05) is 15.9 Å². The minimum absolute atomic E-state index is 0.255. The van der Waals surface area contributed by atoms with Crippen molar-refractivity contribution in [3.8, 4) is 0 Å². The lowest BCUT2D eigenvalue weighted by atomic mass is 10.3. The molecule has 0 amide bonds. The van der Waals surface area contributed by atoms with Gasteiger partial charge in [0, 0.05) is 28.8 Å².